The number of carbonyl (C=O) groups excluding carboxylic acids is 2. The van der Waals surface area contributed by atoms with Gasteiger partial charge >= 0.3 is 5.97 Å². The van der Waals surface area contributed by atoms with Gasteiger partial charge in [-0.2, -0.15) is 0 Å². The number of imidazole rings is 1. The number of fused-ring (bicyclic) bond motifs is 1. The van der Waals surface area contributed by atoms with E-state index in [1.807, 2.05) is 16.0 Å². The Morgan fingerprint density at radius 2 is 1.82 bits per heavy atom. The molecule has 2 aromatic carbocycles. The van der Waals surface area contributed by atoms with Crippen molar-refractivity contribution in [3.63, 3.8) is 0 Å². The third-order valence-electron chi connectivity index (χ3n) is 4.24. The van der Waals surface area contributed by atoms with Gasteiger partial charge in [-0.3, -0.25) is 14.0 Å². The highest BCUT2D eigenvalue weighted by Gasteiger charge is 2.14. The number of carbonyl (C=O) groups is 2. The normalized spacial score (nSPS) is 10.9. The molecule has 4 rings (SSSR count). The van der Waals surface area contributed by atoms with E-state index in [4.69, 9.17) is 4.74 Å². The summed E-state index contributed by atoms with van der Waals surface area (Å²) in [5.41, 5.74) is 2.83. The van der Waals surface area contributed by atoms with Gasteiger partial charge in [-0.25, -0.2) is 9.37 Å². The Bertz CT molecular complexity index is 1160. The molecule has 0 amide bonds. The van der Waals surface area contributed by atoms with Crippen LogP contribution in [-0.2, 0) is 11.2 Å². The van der Waals surface area contributed by atoms with E-state index in [-0.39, 0.29) is 18.0 Å². The number of esters is 1. The number of nitrogens with zero attached hydrogens (tertiary/aromatic N) is 2. The second kappa shape index (κ2) is 7.36. The minimum Gasteiger partial charge on any atom is -0.426 e. The lowest BCUT2D eigenvalue weighted by Gasteiger charge is -2.04. The molecule has 4 aromatic rings. The van der Waals surface area contributed by atoms with Gasteiger partial charge in [0.25, 0.3) is 0 Å². The zero-order valence-electron chi connectivity index (χ0n) is 14.9. The van der Waals surface area contributed by atoms with Gasteiger partial charge in [0.05, 0.1) is 12.1 Å². The molecule has 0 unspecified atom stereocenters. The topological polar surface area (TPSA) is 60.7 Å². The van der Waals surface area contributed by atoms with Gasteiger partial charge < -0.3 is 4.74 Å². The summed E-state index contributed by atoms with van der Waals surface area (Å²) in [6.45, 7) is 1.48. The second-order valence-electron chi connectivity index (χ2n) is 6.24. The number of halogens is 1. The van der Waals surface area contributed by atoms with E-state index in [0.717, 1.165) is 16.2 Å². The first-order valence-electron chi connectivity index (χ1n) is 8.53. The van der Waals surface area contributed by atoms with Gasteiger partial charge in [-0.05, 0) is 55.5 Å². The minimum atomic E-state index is -0.410. The molecule has 0 aliphatic heterocycles. The van der Waals surface area contributed by atoms with E-state index < -0.39 is 5.97 Å². The molecule has 0 bridgehead atoms. The Kier molecular flexibility index (Phi) is 4.75. The molecule has 0 saturated heterocycles. The summed E-state index contributed by atoms with van der Waals surface area (Å²) >= 11 is 1.42. The van der Waals surface area contributed by atoms with Crippen molar-refractivity contribution in [2.24, 2.45) is 0 Å². The zero-order chi connectivity index (χ0) is 19.7. The predicted octanol–water partition coefficient (Wildman–Crippen LogP) is 4.55. The third-order valence-corrected chi connectivity index (χ3v) is 5.13. The van der Waals surface area contributed by atoms with E-state index >= 15 is 0 Å². The molecule has 0 saturated carbocycles. The fourth-order valence-corrected chi connectivity index (χ4v) is 3.66. The molecular formula is C21H15FN2O3S. The molecule has 2 heterocycles. The van der Waals surface area contributed by atoms with Crippen molar-refractivity contribution in [3.05, 3.63) is 77.2 Å². The standard InChI is InChI=1S/C21H15FN2O3S/c1-13(25)14-4-8-18(9-5-14)27-20(26)10-17-12-28-21-23-19(11-24(17)21)15-2-6-16(22)7-3-15/h2-9,11-12H,10H2,1H3. The number of hydrogen-bond donors (Lipinski definition) is 0. The number of ether oxygens (including phenoxy) is 1. The number of aromatic nitrogens is 2. The molecule has 0 spiro atoms. The van der Waals surface area contributed by atoms with Gasteiger partial charge in [0.1, 0.15) is 11.6 Å². The van der Waals surface area contributed by atoms with Crippen molar-refractivity contribution in [1.29, 1.82) is 0 Å². The fraction of sp³-hybridized carbons (Fsp3) is 0.0952. The van der Waals surface area contributed by atoms with E-state index in [0.29, 0.717) is 17.0 Å². The van der Waals surface area contributed by atoms with E-state index in [1.54, 1.807) is 36.4 Å². The molecule has 7 heteroatoms. The summed E-state index contributed by atoms with van der Waals surface area (Å²) in [5, 5.41) is 1.86. The lowest BCUT2D eigenvalue weighted by Crippen LogP contribution is -2.12. The largest absolute Gasteiger partial charge is 0.426 e. The van der Waals surface area contributed by atoms with Crippen molar-refractivity contribution in [3.8, 4) is 17.0 Å². The van der Waals surface area contributed by atoms with E-state index in [2.05, 4.69) is 4.98 Å². The summed E-state index contributed by atoms with van der Waals surface area (Å²) in [7, 11) is 0. The first kappa shape index (κ1) is 18.1. The Balaban J connectivity index is 1.50. The maximum atomic E-state index is 13.1. The summed E-state index contributed by atoms with van der Waals surface area (Å²) in [5.74, 6) is -0.369. The first-order valence-corrected chi connectivity index (χ1v) is 9.40. The van der Waals surface area contributed by atoms with Crippen molar-refractivity contribution in [1.82, 2.24) is 9.38 Å². The average Bonchev–Trinajstić information content (AvgIpc) is 3.25. The number of rotatable bonds is 5. The molecule has 0 radical (unpaired) electrons. The third kappa shape index (κ3) is 3.70. The van der Waals surface area contributed by atoms with Crippen LogP contribution in [0.5, 0.6) is 5.75 Å². The van der Waals surface area contributed by atoms with Crippen LogP contribution in [0.2, 0.25) is 0 Å². The van der Waals surface area contributed by atoms with Crippen LogP contribution in [0.1, 0.15) is 23.0 Å². The van der Waals surface area contributed by atoms with Gasteiger partial charge in [0.2, 0.25) is 0 Å². The monoisotopic (exact) mass is 394 g/mol. The molecule has 2 aromatic heterocycles. The molecule has 0 N–H and O–H groups in total. The van der Waals surface area contributed by atoms with E-state index in [1.165, 1.54) is 30.4 Å². The van der Waals surface area contributed by atoms with E-state index in [9.17, 15) is 14.0 Å². The first-order chi connectivity index (χ1) is 13.5. The molecular weight excluding hydrogens is 379 g/mol. The maximum absolute atomic E-state index is 13.1. The zero-order valence-corrected chi connectivity index (χ0v) is 15.7. The van der Waals surface area contributed by atoms with Crippen LogP contribution in [0.15, 0.2) is 60.1 Å². The molecule has 140 valence electrons. The highest BCUT2D eigenvalue weighted by atomic mass is 32.1. The Morgan fingerprint density at radius 3 is 2.50 bits per heavy atom. The molecule has 28 heavy (non-hydrogen) atoms. The van der Waals surface area contributed by atoms with Crippen molar-refractivity contribution in [2.45, 2.75) is 13.3 Å². The molecule has 0 atom stereocenters. The minimum absolute atomic E-state index is 0.0457. The Morgan fingerprint density at radius 1 is 1.11 bits per heavy atom. The summed E-state index contributed by atoms with van der Waals surface area (Å²) in [6, 6.07) is 12.6. The summed E-state index contributed by atoms with van der Waals surface area (Å²) in [4.78, 5) is 28.9. The Hall–Kier alpha value is -3.32. The van der Waals surface area contributed by atoms with Gasteiger partial charge in [0.15, 0.2) is 10.7 Å². The quantitative estimate of drug-likeness (QED) is 0.283. The molecule has 0 aliphatic carbocycles. The molecule has 5 nitrogen and oxygen atoms in total. The van der Waals surface area contributed by atoms with Crippen LogP contribution >= 0.6 is 11.3 Å². The van der Waals surface area contributed by atoms with Crippen LogP contribution in [0, 0.1) is 5.82 Å². The summed E-state index contributed by atoms with van der Waals surface area (Å²) in [6.07, 6.45) is 1.90. The number of benzene rings is 2. The van der Waals surface area contributed by atoms with Crippen LogP contribution in [0.4, 0.5) is 4.39 Å². The van der Waals surface area contributed by atoms with Crippen LogP contribution < -0.4 is 4.74 Å². The number of thiazole rings is 1. The Labute approximate surface area is 164 Å². The SMILES string of the molecule is CC(=O)c1ccc(OC(=O)Cc2csc3nc(-c4ccc(F)cc4)cn23)cc1. The number of ketones is 1. The number of hydrogen-bond acceptors (Lipinski definition) is 5. The van der Waals surface area contributed by atoms with Crippen molar-refractivity contribution in [2.75, 3.05) is 0 Å². The fourth-order valence-electron chi connectivity index (χ4n) is 2.79. The molecule has 0 aliphatic rings. The van der Waals surface area contributed by atoms with Gasteiger partial charge in [-0.1, -0.05) is 0 Å². The predicted molar refractivity (Wildman–Crippen MR) is 104 cm³/mol. The maximum Gasteiger partial charge on any atom is 0.317 e. The smallest absolute Gasteiger partial charge is 0.317 e. The van der Waals surface area contributed by atoms with Crippen LogP contribution in [-0.4, -0.2) is 21.1 Å². The number of Topliss-reactive ketones (excluding diaryl/α,β-unsaturated/α-hetero) is 1. The highest BCUT2D eigenvalue weighted by molar-refractivity contribution is 7.15. The highest BCUT2D eigenvalue weighted by Crippen LogP contribution is 2.24. The van der Waals surface area contributed by atoms with Crippen LogP contribution in [0.3, 0.4) is 0 Å². The average molecular weight is 394 g/mol. The van der Waals surface area contributed by atoms with Gasteiger partial charge in [0, 0.05) is 28.4 Å². The lowest BCUT2D eigenvalue weighted by atomic mass is 10.1. The summed E-state index contributed by atoms with van der Waals surface area (Å²) < 4.78 is 20.3. The second-order valence-corrected chi connectivity index (χ2v) is 7.08. The van der Waals surface area contributed by atoms with Crippen molar-refractivity contribution >= 4 is 28.1 Å². The van der Waals surface area contributed by atoms with Crippen LogP contribution in [0.25, 0.3) is 16.2 Å². The molecule has 0 fully saturated rings. The lowest BCUT2D eigenvalue weighted by molar-refractivity contribution is -0.133. The van der Waals surface area contributed by atoms with Gasteiger partial charge in [-0.15, -0.1) is 11.3 Å². The van der Waals surface area contributed by atoms with Crippen molar-refractivity contribution < 1.29 is 18.7 Å².